The third-order valence-corrected chi connectivity index (χ3v) is 6.18. The standard InChI is InChI=1S/C19H23N3OS/c23-18(17-10-19(17)4-7-20-8-5-19)22(13-16-3-9-24-14-16)12-15-2-1-6-21-11-15/h1-3,6,9,11,14,17,20H,4-5,7-8,10,12-13H2/t17-/m0/s1. The second-order valence-electron chi connectivity index (χ2n) is 7.06. The quantitative estimate of drug-likeness (QED) is 0.909. The molecule has 24 heavy (non-hydrogen) atoms. The van der Waals surface area contributed by atoms with E-state index in [1.807, 2.05) is 23.2 Å². The fraction of sp³-hybridized carbons (Fsp3) is 0.474. The second-order valence-corrected chi connectivity index (χ2v) is 7.84. The summed E-state index contributed by atoms with van der Waals surface area (Å²) in [5.41, 5.74) is 2.60. The smallest absolute Gasteiger partial charge is 0.226 e. The molecule has 1 N–H and O–H groups in total. The highest BCUT2D eigenvalue weighted by atomic mass is 32.1. The monoisotopic (exact) mass is 341 g/mol. The maximum Gasteiger partial charge on any atom is 0.226 e. The molecule has 2 aromatic rings. The molecule has 2 aliphatic rings. The van der Waals surface area contributed by atoms with Crippen molar-refractivity contribution < 1.29 is 4.79 Å². The third-order valence-electron chi connectivity index (χ3n) is 5.45. The molecular formula is C19H23N3OS. The number of nitrogens with one attached hydrogen (secondary N) is 1. The van der Waals surface area contributed by atoms with Crippen LogP contribution in [0, 0.1) is 11.3 Å². The van der Waals surface area contributed by atoms with E-state index in [9.17, 15) is 4.79 Å². The van der Waals surface area contributed by atoms with Crippen LogP contribution in [0.25, 0.3) is 0 Å². The van der Waals surface area contributed by atoms with Gasteiger partial charge in [0.15, 0.2) is 0 Å². The van der Waals surface area contributed by atoms with Crippen molar-refractivity contribution in [2.24, 2.45) is 11.3 Å². The highest BCUT2D eigenvalue weighted by Crippen LogP contribution is 2.59. The van der Waals surface area contributed by atoms with E-state index in [-0.39, 0.29) is 11.3 Å². The van der Waals surface area contributed by atoms with Crippen LogP contribution in [0.1, 0.15) is 30.4 Å². The van der Waals surface area contributed by atoms with Gasteiger partial charge in [0.05, 0.1) is 0 Å². The van der Waals surface area contributed by atoms with E-state index in [0.717, 1.165) is 37.9 Å². The van der Waals surface area contributed by atoms with Crippen molar-refractivity contribution in [3.05, 3.63) is 52.5 Å². The van der Waals surface area contributed by atoms with E-state index in [2.05, 4.69) is 27.1 Å². The summed E-state index contributed by atoms with van der Waals surface area (Å²) in [5.74, 6) is 0.543. The molecule has 1 aliphatic heterocycles. The van der Waals surface area contributed by atoms with Crippen LogP contribution in [0.3, 0.4) is 0 Å². The molecule has 2 fully saturated rings. The summed E-state index contributed by atoms with van der Waals surface area (Å²) in [7, 11) is 0. The number of nitrogens with zero attached hydrogens (tertiary/aromatic N) is 2. The van der Waals surface area contributed by atoms with Gasteiger partial charge in [0, 0.05) is 31.4 Å². The van der Waals surface area contributed by atoms with Gasteiger partial charge >= 0.3 is 0 Å². The van der Waals surface area contributed by atoms with Gasteiger partial charge in [0.2, 0.25) is 5.91 Å². The molecule has 4 nitrogen and oxygen atoms in total. The summed E-state index contributed by atoms with van der Waals surface area (Å²) in [4.78, 5) is 19.4. The molecule has 0 unspecified atom stereocenters. The molecule has 1 saturated heterocycles. The van der Waals surface area contributed by atoms with E-state index in [4.69, 9.17) is 0 Å². The third kappa shape index (κ3) is 3.23. The molecule has 2 aromatic heterocycles. The Morgan fingerprint density at radius 3 is 2.83 bits per heavy atom. The summed E-state index contributed by atoms with van der Waals surface area (Å²) in [6, 6.07) is 6.10. The zero-order valence-corrected chi connectivity index (χ0v) is 14.6. The van der Waals surface area contributed by atoms with Crippen LogP contribution >= 0.6 is 11.3 Å². The van der Waals surface area contributed by atoms with E-state index in [0.29, 0.717) is 19.0 Å². The summed E-state index contributed by atoms with van der Waals surface area (Å²) < 4.78 is 0. The number of amides is 1. The highest BCUT2D eigenvalue weighted by molar-refractivity contribution is 7.07. The number of pyridine rings is 1. The predicted octanol–water partition coefficient (Wildman–Crippen LogP) is 3.06. The first kappa shape index (κ1) is 15.8. The summed E-state index contributed by atoms with van der Waals surface area (Å²) in [5, 5.41) is 7.63. The number of hydrogen-bond donors (Lipinski definition) is 1. The minimum absolute atomic E-state index is 0.218. The van der Waals surface area contributed by atoms with Crippen molar-refractivity contribution in [1.29, 1.82) is 0 Å². The lowest BCUT2D eigenvalue weighted by Gasteiger charge is -2.27. The Kier molecular flexibility index (Phi) is 4.37. The van der Waals surface area contributed by atoms with Gasteiger partial charge in [0.1, 0.15) is 0 Å². The molecular weight excluding hydrogens is 318 g/mol. The van der Waals surface area contributed by atoms with Gasteiger partial charge in [-0.2, -0.15) is 11.3 Å². The Hall–Kier alpha value is -1.72. The molecule has 1 saturated carbocycles. The van der Waals surface area contributed by atoms with Gasteiger partial charge < -0.3 is 10.2 Å². The van der Waals surface area contributed by atoms with Crippen LogP contribution in [-0.4, -0.2) is 28.9 Å². The molecule has 0 bridgehead atoms. The van der Waals surface area contributed by atoms with E-state index in [1.54, 1.807) is 17.5 Å². The highest BCUT2D eigenvalue weighted by Gasteiger charge is 2.58. The Balaban J connectivity index is 1.50. The number of carbonyl (C=O) groups excluding carboxylic acids is 1. The number of hydrogen-bond acceptors (Lipinski definition) is 4. The summed E-state index contributed by atoms with van der Waals surface area (Å²) in [6.45, 7) is 3.45. The average molecular weight is 341 g/mol. The van der Waals surface area contributed by atoms with Crippen LogP contribution in [0.2, 0.25) is 0 Å². The Labute approximate surface area is 146 Å². The first-order valence-electron chi connectivity index (χ1n) is 8.66. The van der Waals surface area contributed by atoms with Gasteiger partial charge in [0.25, 0.3) is 0 Å². The number of carbonyl (C=O) groups is 1. The zero-order valence-electron chi connectivity index (χ0n) is 13.8. The fourth-order valence-corrected chi connectivity index (χ4v) is 4.58. The van der Waals surface area contributed by atoms with Crippen molar-refractivity contribution in [2.45, 2.75) is 32.4 Å². The van der Waals surface area contributed by atoms with Crippen LogP contribution in [0.5, 0.6) is 0 Å². The number of aromatic nitrogens is 1. The van der Waals surface area contributed by atoms with Gasteiger partial charge in [-0.25, -0.2) is 0 Å². The van der Waals surface area contributed by atoms with E-state index >= 15 is 0 Å². The largest absolute Gasteiger partial charge is 0.334 e. The summed E-state index contributed by atoms with van der Waals surface area (Å²) in [6.07, 6.45) is 6.99. The van der Waals surface area contributed by atoms with E-state index in [1.165, 1.54) is 5.56 Å². The maximum absolute atomic E-state index is 13.2. The average Bonchev–Trinajstić information content (AvgIpc) is 3.05. The molecule has 0 radical (unpaired) electrons. The predicted molar refractivity (Wildman–Crippen MR) is 95.5 cm³/mol. The lowest BCUT2D eigenvalue weighted by molar-refractivity contribution is -0.135. The molecule has 0 aromatic carbocycles. The van der Waals surface area contributed by atoms with Crippen LogP contribution in [-0.2, 0) is 17.9 Å². The molecule has 1 atom stereocenters. The fourth-order valence-electron chi connectivity index (χ4n) is 3.92. The maximum atomic E-state index is 13.2. The zero-order chi connectivity index (χ0) is 16.4. The minimum atomic E-state index is 0.218. The van der Waals surface area contributed by atoms with Gasteiger partial charge in [-0.1, -0.05) is 6.07 Å². The van der Waals surface area contributed by atoms with Gasteiger partial charge in [-0.15, -0.1) is 0 Å². The van der Waals surface area contributed by atoms with Crippen molar-refractivity contribution in [3.8, 4) is 0 Å². The van der Waals surface area contributed by atoms with Crippen molar-refractivity contribution in [3.63, 3.8) is 0 Å². The molecule has 1 spiro atoms. The van der Waals surface area contributed by atoms with Crippen LogP contribution in [0.4, 0.5) is 0 Å². The van der Waals surface area contributed by atoms with E-state index < -0.39 is 0 Å². The minimum Gasteiger partial charge on any atom is -0.334 e. The van der Waals surface area contributed by atoms with Crippen LogP contribution < -0.4 is 5.32 Å². The molecule has 3 heterocycles. The first-order chi connectivity index (χ1) is 11.8. The van der Waals surface area contributed by atoms with Crippen LogP contribution in [0.15, 0.2) is 41.4 Å². The molecule has 4 rings (SSSR count). The SMILES string of the molecule is O=C([C@@H]1CC12CCNCC2)N(Cc1cccnc1)Cc1ccsc1. The summed E-state index contributed by atoms with van der Waals surface area (Å²) >= 11 is 1.69. The lowest BCUT2D eigenvalue weighted by Crippen LogP contribution is -2.36. The van der Waals surface area contributed by atoms with Gasteiger partial charge in [-0.05, 0) is 71.8 Å². The first-order valence-corrected chi connectivity index (χ1v) is 9.61. The number of rotatable bonds is 5. The van der Waals surface area contributed by atoms with Crippen molar-refractivity contribution in [2.75, 3.05) is 13.1 Å². The van der Waals surface area contributed by atoms with Gasteiger partial charge in [-0.3, -0.25) is 9.78 Å². The number of thiophene rings is 1. The molecule has 1 amide bonds. The van der Waals surface area contributed by atoms with Crippen molar-refractivity contribution in [1.82, 2.24) is 15.2 Å². The topological polar surface area (TPSA) is 45.2 Å². The second kappa shape index (κ2) is 6.65. The van der Waals surface area contributed by atoms with Crippen molar-refractivity contribution >= 4 is 17.2 Å². The molecule has 5 heteroatoms. The molecule has 1 aliphatic carbocycles. The molecule has 126 valence electrons. The Bertz CT molecular complexity index is 680. The Morgan fingerprint density at radius 1 is 1.29 bits per heavy atom. The lowest BCUT2D eigenvalue weighted by atomic mass is 9.91. The normalized spacial score (nSPS) is 21.6. The Morgan fingerprint density at radius 2 is 2.12 bits per heavy atom. The number of piperidine rings is 1.